The molecule has 0 N–H and O–H groups in total. The minimum absolute atomic E-state index is 0.127. The summed E-state index contributed by atoms with van der Waals surface area (Å²) in [5.74, 6) is 0.435. The lowest BCUT2D eigenvalue weighted by molar-refractivity contribution is 0.744. The first-order valence-electron chi connectivity index (χ1n) is 11.9. The minimum Gasteiger partial charge on any atom is -0.270 e. The van der Waals surface area contributed by atoms with Crippen molar-refractivity contribution in [3.05, 3.63) is 153 Å². The van der Waals surface area contributed by atoms with Gasteiger partial charge in [-0.15, -0.1) is 0 Å². The van der Waals surface area contributed by atoms with Crippen LogP contribution in [0.25, 0.3) is 11.4 Å². The van der Waals surface area contributed by atoms with E-state index in [4.69, 9.17) is 17.2 Å². The second-order valence-corrected chi connectivity index (χ2v) is 9.12. The fraction of sp³-hybridized carbons (Fsp3) is 0.0645. The number of hydrogen-bond acceptors (Lipinski definition) is 3. The molecule has 0 bridgehead atoms. The number of fused-ring (bicyclic) bond motifs is 1. The van der Waals surface area contributed by atoms with Crippen molar-refractivity contribution in [3.8, 4) is 11.4 Å². The Morgan fingerprint density at radius 2 is 1.17 bits per heavy atom. The largest absolute Gasteiger partial charge is 0.270 e. The molecule has 0 radical (unpaired) electrons. The maximum absolute atomic E-state index is 14.3. The number of rotatable bonds is 4. The fourth-order valence-electron chi connectivity index (χ4n) is 4.90. The topological polar surface area (TPSA) is 39.3 Å². The summed E-state index contributed by atoms with van der Waals surface area (Å²) in [7, 11) is 0. The molecule has 0 spiro atoms. The first-order chi connectivity index (χ1) is 17.7. The lowest BCUT2D eigenvalue weighted by atomic mass is 9.84. The summed E-state index contributed by atoms with van der Waals surface area (Å²) in [4.78, 5) is 19.4. The van der Waals surface area contributed by atoms with Crippen LogP contribution in [0.1, 0.15) is 29.0 Å². The van der Waals surface area contributed by atoms with Gasteiger partial charge in [-0.3, -0.25) is 13.9 Å². The number of para-hydroxylation sites is 2. The summed E-state index contributed by atoms with van der Waals surface area (Å²) in [6.07, 6.45) is 0.622. The lowest BCUT2D eigenvalue weighted by Gasteiger charge is -2.28. The summed E-state index contributed by atoms with van der Waals surface area (Å²) < 4.78 is 3.97. The molecule has 0 amide bonds. The highest BCUT2D eigenvalue weighted by atomic mass is 32.1. The van der Waals surface area contributed by atoms with E-state index < -0.39 is 0 Å². The summed E-state index contributed by atoms with van der Waals surface area (Å²) in [5, 5.41) is 0. The zero-order valence-corrected chi connectivity index (χ0v) is 20.3. The zero-order chi connectivity index (χ0) is 24.5. The molecule has 4 nitrogen and oxygen atoms in total. The number of nitrogens with zero attached hydrogens (tertiary/aromatic N) is 3. The van der Waals surface area contributed by atoms with Crippen molar-refractivity contribution >= 4 is 23.7 Å². The van der Waals surface area contributed by atoms with Gasteiger partial charge in [0.15, 0.2) is 4.77 Å². The molecule has 1 atom stereocenters. The number of hydrogen-bond donors (Lipinski definition) is 0. The van der Waals surface area contributed by atoms with Crippen molar-refractivity contribution in [3.63, 3.8) is 0 Å². The zero-order valence-electron chi connectivity index (χ0n) is 19.5. The Morgan fingerprint density at radius 1 is 0.667 bits per heavy atom. The van der Waals surface area contributed by atoms with Gasteiger partial charge in [0.2, 0.25) is 0 Å². The Bertz CT molecular complexity index is 1670. The van der Waals surface area contributed by atoms with Crippen LogP contribution in [0.3, 0.4) is 0 Å². The molecule has 2 heterocycles. The van der Waals surface area contributed by atoms with Crippen molar-refractivity contribution in [2.24, 2.45) is 4.99 Å². The highest BCUT2D eigenvalue weighted by molar-refractivity contribution is 7.71. The van der Waals surface area contributed by atoms with Gasteiger partial charge in [0.25, 0.3) is 5.56 Å². The van der Waals surface area contributed by atoms with E-state index >= 15 is 0 Å². The van der Waals surface area contributed by atoms with Crippen molar-refractivity contribution in [2.45, 2.75) is 12.3 Å². The average molecular weight is 486 g/mol. The van der Waals surface area contributed by atoms with E-state index in [-0.39, 0.29) is 11.5 Å². The molecule has 6 rings (SSSR count). The van der Waals surface area contributed by atoms with Crippen molar-refractivity contribution in [1.29, 1.82) is 0 Å². The third kappa shape index (κ3) is 3.84. The van der Waals surface area contributed by atoms with Gasteiger partial charge in [-0.1, -0.05) is 97.1 Å². The standard InChI is InChI=1S/C31H23N3OS/c35-30-28-26(22-13-5-1-6-14-22)21-27(23-15-7-2-8-16-23)32-29(28)33(24-17-9-3-10-18-24)31(36)34(30)25-19-11-4-12-20-25/h1-20,26H,21H2. The van der Waals surface area contributed by atoms with Crippen LogP contribution < -0.4 is 5.56 Å². The van der Waals surface area contributed by atoms with Gasteiger partial charge in [0.1, 0.15) is 5.82 Å². The summed E-state index contributed by atoms with van der Waals surface area (Å²) in [6, 6.07) is 39.9. The van der Waals surface area contributed by atoms with E-state index in [2.05, 4.69) is 24.3 Å². The molecule has 1 aromatic heterocycles. The van der Waals surface area contributed by atoms with E-state index in [1.807, 2.05) is 102 Å². The normalized spacial score (nSPS) is 14.7. The van der Waals surface area contributed by atoms with Crippen molar-refractivity contribution in [2.75, 3.05) is 0 Å². The van der Waals surface area contributed by atoms with E-state index in [0.29, 0.717) is 22.6 Å². The van der Waals surface area contributed by atoms with Crippen LogP contribution in [0.2, 0.25) is 0 Å². The Kier molecular flexibility index (Phi) is 5.76. The maximum atomic E-state index is 14.3. The molecule has 1 aliphatic heterocycles. The Labute approximate surface area is 214 Å². The number of aromatic nitrogens is 2. The van der Waals surface area contributed by atoms with E-state index in [1.54, 1.807) is 4.57 Å². The fourth-order valence-corrected chi connectivity index (χ4v) is 5.28. The van der Waals surface area contributed by atoms with Crippen molar-refractivity contribution in [1.82, 2.24) is 9.13 Å². The molecule has 1 aliphatic rings. The molecule has 4 aromatic carbocycles. The van der Waals surface area contributed by atoms with Crippen LogP contribution in [-0.4, -0.2) is 14.8 Å². The van der Waals surface area contributed by atoms with Crippen LogP contribution in [0.5, 0.6) is 0 Å². The molecule has 0 aliphatic carbocycles. The van der Waals surface area contributed by atoms with Crippen LogP contribution in [-0.2, 0) is 0 Å². The first kappa shape index (κ1) is 22.1. The molecule has 1 unspecified atom stereocenters. The van der Waals surface area contributed by atoms with Gasteiger partial charge in [-0.2, -0.15) is 0 Å². The number of benzene rings is 4. The summed E-state index contributed by atoms with van der Waals surface area (Å²) in [5.41, 5.74) is 5.20. The van der Waals surface area contributed by atoms with Crippen molar-refractivity contribution < 1.29 is 0 Å². The lowest BCUT2D eigenvalue weighted by Crippen LogP contribution is -2.32. The van der Waals surface area contributed by atoms with Gasteiger partial charge >= 0.3 is 0 Å². The number of aliphatic imine (C=N–C) groups is 1. The van der Waals surface area contributed by atoms with Gasteiger partial charge < -0.3 is 0 Å². The van der Waals surface area contributed by atoms with Gasteiger partial charge in [0.05, 0.1) is 17.0 Å². The average Bonchev–Trinajstić information content (AvgIpc) is 2.94. The Hall–Kier alpha value is -4.35. The van der Waals surface area contributed by atoms with Crippen LogP contribution >= 0.6 is 12.2 Å². The summed E-state index contributed by atoms with van der Waals surface area (Å²) in [6.45, 7) is 0. The molecule has 5 aromatic rings. The first-order valence-corrected chi connectivity index (χ1v) is 12.3. The minimum atomic E-state index is -0.165. The Balaban J connectivity index is 1.75. The molecule has 36 heavy (non-hydrogen) atoms. The second-order valence-electron chi connectivity index (χ2n) is 8.76. The monoisotopic (exact) mass is 485 g/mol. The summed E-state index contributed by atoms with van der Waals surface area (Å²) >= 11 is 6.00. The highest BCUT2D eigenvalue weighted by Gasteiger charge is 2.32. The second kappa shape index (κ2) is 9.36. The predicted molar refractivity (Wildman–Crippen MR) is 148 cm³/mol. The highest BCUT2D eigenvalue weighted by Crippen LogP contribution is 2.39. The van der Waals surface area contributed by atoms with Gasteiger partial charge in [-0.05, 0) is 47.6 Å². The SMILES string of the molecule is O=c1c2c(n(-c3ccccc3)c(=S)n1-c1ccccc1)N=C(c1ccccc1)CC2c1ccccc1. The third-order valence-electron chi connectivity index (χ3n) is 6.59. The van der Waals surface area contributed by atoms with Gasteiger partial charge in [-0.25, -0.2) is 4.99 Å². The predicted octanol–water partition coefficient (Wildman–Crippen LogP) is 7.01. The molecular formula is C31H23N3OS. The van der Waals surface area contributed by atoms with Crippen LogP contribution in [0.4, 0.5) is 5.82 Å². The molecule has 174 valence electrons. The smallest absolute Gasteiger partial charge is 0.264 e. The molecule has 0 fully saturated rings. The third-order valence-corrected chi connectivity index (χ3v) is 6.96. The van der Waals surface area contributed by atoms with Crippen LogP contribution in [0, 0.1) is 4.77 Å². The molecule has 0 saturated carbocycles. The van der Waals surface area contributed by atoms with E-state index in [9.17, 15) is 4.79 Å². The molecule has 0 saturated heterocycles. The molecule has 5 heteroatoms. The van der Waals surface area contributed by atoms with Crippen LogP contribution in [0.15, 0.2) is 131 Å². The Morgan fingerprint density at radius 3 is 1.75 bits per heavy atom. The van der Waals surface area contributed by atoms with E-state index in [0.717, 1.165) is 28.2 Å². The maximum Gasteiger partial charge on any atom is 0.264 e. The van der Waals surface area contributed by atoms with Gasteiger partial charge in [0, 0.05) is 18.0 Å². The van der Waals surface area contributed by atoms with E-state index in [1.165, 1.54) is 0 Å². The molecular weight excluding hydrogens is 462 g/mol. The quantitative estimate of drug-likeness (QED) is 0.257.